The molecule has 0 saturated carbocycles. The van der Waals surface area contributed by atoms with Gasteiger partial charge in [-0.3, -0.25) is 0 Å². The highest BCUT2D eigenvalue weighted by atomic mass is 19.4. The Kier molecular flexibility index (Phi) is 4.97. The zero-order chi connectivity index (χ0) is 18.6. The van der Waals surface area contributed by atoms with Crippen LogP contribution in [0.5, 0.6) is 11.5 Å². The van der Waals surface area contributed by atoms with Gasteiger partial charge in [0.15, 0.2) is 11.6 Å². The lowest BCUT2D eigenvalue weighted by Crippen LogP contribution is -2.16. The van der Waals surface area contributed by atoms with Crippen LogP contribution in [0.3, 0.4) is 0 Å². The maximum Gasteiger partial charge on any atom is 0.573 e. The van der Waals surface area contributed by atoms with Crippen LogP contribution in [0, 0.1) is 0 Å². The molecule has 0 aliphatic rings. The summed E-state index contributed by atoms with van der Waals surface area (Å²) in [5, 5.41) is 0. The Morgan fingerprint density at radius 1 is 0.885 bits per heavy atom. The first-order valence-corrected chi connectivity index (χ1v) is 7.70. The number of nitrogens with two attached hydrogens (primary N) is 1. The monoisotopic (exact) mass is 360 g/mol. The van der Waals surface area contributed by atoms with Gasteiger partial charge in [-0.1, -0.05) is 30.3 Å². The number of alkyl halides is 3. The fraction of sp³-hybridized carbons (Fsp3) is 0.105. The third kappa shape index (κ3) is 4.66. The van der Waals surface area contributed by atoms with Gasteiger partial charge in [0.2, 0.25) is 0 Å². The number of pyridine rings is 1. The van der Waals surface area contributed by atoms with Gasteiger partial charge in [0, 0.05) is 5.56 Å². The fourth-order valence-corrected chi connectivity index (χ4v) is 2.31. The second-order valence-electron chi connectivity index (χ2n) is 5.43. The van der Waals surface area contributed by atoms with Crippen molar-refractivity contribution in [2.75, 3.05) is 5.73 Å². The number of halogens is 3. The molecule has 7 heteroatoms. The van der Waals surface area contributed by atoms with E-state index in [-0.39, 0.29) is 11.6 Å². The van der Waals surface area contributed by atoms with Crippen molar-refractivity contribution in [2.24, 2.45) is 0 Å². The SMILES string of the molecule is Nc1nc(-c2ccc(OC(F)(F)F)cc2)ccc1OCc1ccccc1. The molecular formula is C19H15F3N2O2. The quantitative estimate of drug-likeness (QED) is 0.709. The second-order valence-corrected chi connectivity index (χ2v) is 5.43. The predicted molar refractivity (Wildman–Crippen MR) is 91.5 cm³/mol. The van der Waals surface area contributed by atoms with E-state index in [1.807, 2.05) is 30.3 Å². The molecule has 0 amide bonds. The molecule has 4 nitrogen and oxygen atoms in total. The van der Waals surface area contributed by atoms with Crippen molar-refractivity contribution in [3.05, 3.63) is 72.3 Å². The number of ether oxygens (including phenoxy) is 2. The lowest BCUT2D eigenvalue weighted by Gasteiger charge is -2.11. The first kappa shape index (κ1) is 17.6. The highest BCUT2D eigenvalue weighted by molar-refractivity contribution is 5.64. The number of anilines is 1. The van der Waals surface area contributed by atoms with Crippen LogP contribution >= 0.6 is 0 Å². The van der Waals surface area contributed by atoms with Crippen LogP contribution in [0.1, 0.15) is 5.56 Å². The van der Waals surface area contributed by atoms with Gasteiger partial charge >= 0.3 is 6.36 Å². The van der Waals surface area contributed by atoms with Gasteiger partial charge in [0.25, 0.3) is 0 Å². The highest BCUT2D eigenvalue weighted by Gasteiger charge is 2.30. The standard InChI is InChI=1S/C19H15F3N2O2/c20-19(21,22)26-15-8-6-14(7-9-15)16-10-11-17(18(23)24-16)25-12-13-4-2-1-3-5-13/h1-11H,12H2,(H2,23,24). The molecule has 26 heavy (non-hydrogen) atoms. The lowest BCUT2D eigenvalue weighted by molar-refractivity contribution is -0.274. The Morgan fingerprint density at radius 3 is 2.19 bits per heavy atom. The van der Waals surface area contributed by atoms with Gasteiger partial charge < -0.3 is 15.2 Å². The van der Waals surface area contributed by atoms with E-state index in [4.69, 9.17) is 10.5 Å². The summed E-state index contributed by atoms with van der Waals surface area (Å²) in [5.41, 5.74) is 8.06. The molecule has 3 aromatic rings. The Morgan fingerprint density at radius 2 is 1.58 bits per heavy atom. The summed E-state index contributed by atoms with van der Waals surface area (Å²) in [4.78, 5) is 4.25. The molecule has 134 valence electrons. The molecular weight excluding hydrogens is 345 g/mol. The molecule has 2 aromatic carbocycles. The molecule has 1 heterocycles. The maximum absolute atomic E-state index is 12.2. The van der Waals surface area contributed by atoms with Gasteiger partial charge in [-0.2, -0.15) is 0 Å². The predicted octanol–water partition coefficient (Wildman–Crippen LogP) is 4.81. The largest absolute Gasteiger partial charge is 0.573 e. The average Bonchev–Trinajstić information content (AvgIpc) is 2.61. The molecule has 3 rings (SSSR count). The minimum atomic E-state index is -4.72. The first-order valence-electron chi connectivity index (χ1n) is 7.70. The molecule has 0 aliphatic carbocycles. The van der Waals surface area contributed by atoms with E-state index in [2.05, 4.69) is 9.72 Å². The number of hydrogen-bond donors (Lipinski definition) is 1. The summed E-state index contributed by atoms with van der Waals surface area (Å²) in [5.74, 6) is 0.348. The van der Waals surface area contributed by atoms with Crippen LogP contribution in [0.15, 0.2) is 66.7 Å². The van der Waals surface area contributed by atoms with Crippen molar-refractivity contribution in [2.45, 2.75) is 13.0 Å². The van der Waals surface area contributed by atoms with Crippen LogP contribution in [0.4, 0.5) is 19.0 Å². The summed E-state index contributed by atoms with van der Waals surface area (Å²) in [6, 6.07) is 18.4. The minimum Gasteiger partial charge on any atom is -0.485 e. The van der Waals surface area contributed by atoms with E-state index in [1.54, 1.807) is 12.1 Å². The van der Waals surface area contributed by atoms with Gasteiger partial charge in [0.1, 0.15) is 12.4 Å². The summed E-state index contributed by atoms with van der Waals surface area (Å²) in [7, 11) is 0. The molecule has 0 atom stereocenters. The molecule has 0 aliphatic heterocycles. The number of nitrogen functional groups attached to an aromatic ring is 1. The number of nitrogens with zero attached hydrogens (tertiary/aromatic N) is 1. The molecule has 0 bridgehead atoms. The van der Waals surface area contributed by atoms with Crippen LogP contribution in [-0.2, 0) is 6.61 Å². The third-order valence-electron chi connectivity index (χ3n) is 3.51. The minimum absolute atomic E-state index is 0.203. The van der Waals surface area contributed by atoms with Crippen molar-refractivity contribution < 1.29 is 22.6 Å². The molecule has 2 N–H and O–H groups in total. The fourth-order valence-electron chi connectivity index (χ4n) is 2.31. The number of hydrogen-bond acceptors (Lipinski definition) is 4. The Bertz CT molecular complexity index is 866. The summed E-state index contributed by atoms with van der Waals surface area (Å²) in [6.45, 7) is 0.357. The van der Waals surface area contributed by atoms with Gasteiger partial charge in [-0.25, -0.2) is 4.98 Å². The number of rotatable bonds is 5. The average molecular weight is 360 g/mol. The zero-order valence-electron chi connectivity index (χ0n) is 13.5. The molecule has 0 unspecified atom stereocenters. The van der Waals surface area contributed by atoms with E-state index >= 15 is 0 Å². The molecule has 1 aromatic heterocycles. The van der Waals surface area contributed by atoms with Crippen molar-refractivity contribution in [3.8, 4) is 22.8 Å². The molecule has 0 spiro atoms. The lowest BCUT2D eigenvalue weighted by atomic mass is 10.1. The normalized spacial score (nSPS) is 11.2. The van der Waals surface area contributed by atoms with E-state index in [0.717, 1.165) is 5.56 Å². The van der Waals surface area contributed by atoms with Gasteiger partial charge in [0.05, 0.1) is 5.69 Å². The van der Waals surface area contributed by atoms with Crippen molar-refractivity contribution >= 4 is 5.82 Å². The van der Waals surface area contributed by atoms with Crippen molar-refractivity contribution in [1.29, 1.82) is 0 Å². The second kappa shape index (κ2) is 7.35. The Balaban J connectivity index is 1.70. The summed E-state index contributed by atoms with van der Waals surface area (Å²) < 4.78 is 46.1. The Hall–Kier alpha value is -3.22. The molecule has 0 fully saturated rings. The zero-order valence-corrected chi connectivity index (χ0v) is 13.5. The summed E-state index contributed by atoms with van der Waals surface area (Å²) in [6.07, 6.45) is -4.72. The van der Waals surface area contributed by atoms with E-state index in [1.165, 1.54) is 24.3 Å². The van der Waals surface area contributed by atoms with E-state index in [9.17, 15) is 13.2 Å². The van der Waals surface area contributed by atoms with Crippen molar-refractivity contribution in [3.63, 3.8) is 0 Å². The first-order chi connectivity index (χ1) is 12.4. The summed E-state index contributed by atoms with van der Waals surface area (Å²) >= 11 is 0. The van der Waals surface area contributed by atoms with Crippen LogP contribution in [0.25, 0.3) is 11.3 Å². The Labute approximate surface area is 148 Å². The number of benzene rings is 2. The number of aromatic nitrogens is 1. The van der Waals surface area contributed by atoms with Crippen LogP contribution in [0.2, 0.25) is 0 Å². The highest BCUT2D eigenvalue weighted by Crippen LogP contribution is 2.28. The maximum atomic E-state index is 12.2. The smallest absolute Gasteiger partial charge is 0.485 e. The van der Waals surface area contributed by atoms with Crippen LogP contribution < -0.4 is 15.2 Å². The van der Waals surface area contributed by atoms with E-state index < -0.39 is 6.36 Å². The van der Waals surface area contributed by atoms with Gasteiger partial charge in [-0.05, 0) is 42.0 Å². The van der Waals surface area contributed by atoms with Crippen LogP contribution in [-0.4, -0.2) is 11.3 Å². The third-order valence-corrected chi connectivity index (χ3v) is 3.51. The van der Waals surface area contributed by atoms with Crippen molar-refractivity contribution in [1.82, 2.24) is 4.98 Å². The van der Waals surface area contributed by atoms with E-state index in [0.29, 0.717) is 23.6 Å². The topological polar surface area (TPSA) is 57.4 Å². The molecule has 0 saturated heterocycles. The van der Waals surface area contributed by atoms with Gasteiger partial charge in [-0.15, -0.1) is 13.2 Å². The molecule has 0 radical (unpaired) electrons.